The fourth-order valence-corrected chi connectivity index (χ4v) is 1.64. The Kier molecular flexibility index (Phi) is 3.27. The lowest BCUT2D eigenvalue weighted by Gasteiger charge is -2.09. The molecule has 5 heteroatoms. The van der Waals surface area contributed by atoms with Gasteiger partial charge in [-0.1, -0.05) is 0 Å². The molecule has 17 heavy (non-hydrogen) atoms. The molecular formula is C12H16N4O. The molecule has 1 N–H and O–H groups in total. The van der Waals surface area contributed by atoms with E-state index in [1.54, 1.807) is 13.4 Å². The highest BCUT2D eigenvalue weighted by Crippen LogP contribution is 2.21. The third-order valence-electron chi connectivity index (χ3n) is 2.65. The smallest absolute Gasteiger partial charge is 0.151 e. The lowest BCUT2D eigenvalue weighted by atomic mass is 10.2. The van der Waals surface area contributed by atoms with Crippen LogP contribution in [0.4, 0.5) is 5.69 Å². The Balaban J connectivity index is 2.05. The van der Waals surface area contributed by atoms with Crippen LogP contribution < -0.4 is 10.1 Å². The van der Waals surface area contributed by atoms with Gasteiger partial charge in [0.25, 0.3) is 0 Å². The third-order valence-corrected chi connectivity index (χ3v) is 2.65. The van der Waals surface area contributed by atoms with Gasteiger partial charge in [0, 0.05) is 12.7 Å². The molecular weight excluding hydrogens is 216 g/mol. The van der Waals surface area contributed by atoms with Crippen LogP contribution in [0.3, 0.4) is 0 Å². The first kappa shape index (κ1) is 11.4. The zero-order chi connectivity index (χ0) is 12.3. The molecule has 0 spiro atoms. The molecule has 90 valence electrons. The topological polar surface area (TPSA) is 52.0 Å². The lowest BCUT2D eigenvalue weighted by Crippen LogP contribution is -2.05. The molecule has 0 saturated carbocycles. The van der Waals surface area contributed by atoms with Crippen molar-refractivity contribution in [3.8, 4) is 5.75 Å². The number of aromatic nitrogens is 3. The third kappa shape index (κ3) is 2.55. The summed E-state index contributed by atoms with van der Waals surface area (Å²) in [6.07, 6.45) is 1.69. The van der Waals surface area contributed by atoms with Crippen molar-refractivity contribution in [3.63, 3.8) is 0 Å². The van der Waals surface area contributed by atoms with E-state index in [9.17, 15) is 0 Å². The van der Waals surface area contributed by atoms with E-state index in [2.05, 4.69) is 21.6 Å². The van der Waals surface area contributed by atoms with Crippen molar-refractivity contribution in [1.29, 1.82) is 0 Å². The average molecular weight is 232 g/mol. The molecule has 2 rings (SSSR count). The van der Waals surface area contributed by atoms with Gasteiger partial charge in [0.1, 0.15) is 12.1 Å². The molecule has 0 unspecified atom stereocenters. The summed E-state index contributed by atoms with van der Waals surface area (Å²) < 4.78 is 7.11. The molecule has 0 aliphatic heterocycles. The number of anilines is 1. The van der Waals surface area contributed by atoms with Crippen LogP contribution in [0.15, 0.2) is 24.5 Å². The Morgan fingerprint density at radius 1 is 1.41 bits per heavy atom. The Morgan fingerprint density at radius 3 is 2.82 bits per heavy atom. The van der Waals surface area contributed by atoms with E-state index in [0.29, 0.717) is 6.54 Å². The minimum Gasteiger partial charge on any atom is -0.496 e. The van der Waals surface area contributed by atoms with Crippen LogP contribution in [0.25, 0.3) is 0 Å². The largest absolute Gasteiger partial charge is 0.496 e. The number of ether oxygens (including phenoxy) is 1. The first-order valence-corrected chi connectivity index (χ1v) is 5.42. The summed E-state index contributed by atoms with van der Waals surface area (Å²) in [4.78, 5) is 0. The van der Waals surface area contributed by atoms with Crippen molar-refractivity contribution in [2.24, 2.45) is 7.05 Å². The van der Waals surface area contributed by atoms with Crippen molar-refractivity contribution >= 4 is 5.69 Å². The SMILES string of the molecule is COc1ccc(NCc2nncn2C)cc1C. The van der Waals surface area contributed by atoms with Crippen LogP contribution in [0.1, 0.15) is 11.4 Å². The molecule has 2 aromatic rings. The number of nitrogens with zero attached hydrogens (tertiary/aromatic N) is 3. The highest BCUT2D eigenvalue weighted by molar-refractivity contribution is 5.50. The van der Waals surface area contributed by atoms with Crippen LogP contribution in [0.5, 0.6) is 5.75 Å². The van der Waals surface area contributed by atoms with Gasteiger partial charge in [-0.2, -0.15) is 0 Å². The minimum absolute atomic E-state index is 0.655. The summed E-state index contributed by atoms with van der Waals surface area (Å²) in [6.45, 7) is 2.68. The number of methoxy groups -OCH3 is 1. The summed E-state index contributed by atoms with van der Waals surface area (Å²) in [7, 11) is 3.60. The standard InChI is InChI=1S/C12H16N4O/c1-9-6-10(4-5-11(9)17-3)13-7-12-15-14-8-16(12)2/h4-6,8,13H,7H2,1-3H3. The van der Waals surface area contributed by atoms with Gasteiger partial charge in [0.2, 0.25) is 0 Å². The van der Waals surface area contributed by atoms with Gasteiger partial charge in [-0.05, 0) is 30.7 Å². The zero-order valence-corrected chi connectivity index (χ0v) is 10.3. The Labute approximate surface area is 100 Å². The summed E-state index contributed by atoms with van der Waals surface area (Å²) in [5.41, 5.74) is 2.15. The maximum atomic E-state index is 5.22. The normalized spacial score (nSPS) is 10.3. The van der Waals surface area contributed by atoms with Gasteiger partial charge in [-0.15, -0.1) is 10.2 Å². The lowest BCUT2D eigenvalue weighted by molar-refractivity contribution is 0.412. The van der Waals surface area contributed by atoms with Crippen LogP contribution in [-0.2, 0) is 13.6 Å². The quantitative estimate of drug-likeness (QED) is 0.872. The minimum atomic E-state index is 0.655. The number of rotatable bonds is 4. The predicted molar refractivity (Wildman–Crippen MR) is 66.1 cm³/mol. The van der Waals surface area contributed by atoms with Crippen molar-refractivity contribution in [1.82, 2.24) is 14.8 Å². The molecule has 1 aromatic carbocycles. The monoisotopic (exact) mass is 232 g/mol. The molecule has 0 aliphatic rings. The summed E-state index contributed by atoms with van der Waals surface area (Å²) in [6, 6.07) is 5.99. The second-order valence-corrected chi connectivity index (χ2v) is 3.90. The highest BCUT2D eigenvalue weighted by atomic mass is 16.5. The van der Waals surface area contributed by atoms with Crippen molar-refractivity contribution in [2.45, 2.75) is 13.5 Å². The van der Waals surface area contributed by atoms with Gasteiger partial charge in [-0.25, -0.2) is 0 Å². The molecule has 0 atom stereocenters. The summed E-state index contributed by atoms with van der Waals surface area (Å²) >= 11 is 0. The molecule has 1 heterocycles. The van der Waals surface area contributed by atoms with Gasteiger partial charge in [-0.3, -0.25) is 0 Å². The zero-order valence-electron chi connectivity index (χ0n) is 10.3. The predicted octanol–water partition coefficient (Wildman–Crippen LogP) is 1.74. The van der Waals surface area contributed by atoms with E-state index >= 15 is 0 Å². The van der Waals surface area contributed by atoms with E-state index in [1.807, 2.05) is 30.7 Å². The fourth-order valence-electron chi connectivity index (χ4n) is 1.64. The first-order chi connectivity index (χ1) is 8.20. The van der Waals surface area contributed by atoms with Crippen molar-refractivity contribution < 1.29 is 4.74 Å². The Hall–Kier alpha value is -2.04. The molecule has 0 aliphatic carbocycles. The second kappa shape index (κ2) is 4.86. The maximum absolute atomic E-state index is 5.22. The van der Waals surface area contributed by atoms with E-state index in [0.717, 1.165) is 22.8 Å². The van der Waals surface area contributed by atoms with Gasteiger partial charge >= 0.3 is 0 Å². The van der Waals surface area contributed by atoms with Crippen LogP contribution in [0.2, 0.25) is 0 Å². The number of benzene rings is 1. The molecule has 0 radical (unpaired) electrons. The molecule has 0 amide bonds. The fraction of sp³-hybridized carbons (Fsp3) is 0.333. The Bertz CT molecular complexity index is 507. The van der Waals surface area contributed by atoms with E-state index < -0.39 is 0 Å². The molecule has 0 fully saturated rings. The molecule has 5 nitrogen and oxygen atoms in total. The number of hydrogen-bond donors (Lipinski definition) is 1. The average Bonchev–Trinajstić information content (AvgIpc) is 2.72. The number of nitrogens with one attached hydrogen (secondary N) is 1. The van der Waals surface area contributed by atoms with Crippen molar-refractivity contribution in [3.05, 3.63) is 35.9 Å². The molecule has 0 bridgehead atoms. The van der Waals surface area contributed by atoms with E-state index in [4.69, 9.17) is 4.74 Å². The van der Waals surface area contributed by atoms with Gasteiger partial charge < -0.3 is 14.6 Å². The maximum Gasteiger partial charge on any atom is 0.151 e. The molecule has 1 aromatic heterocycles. The summed E-state index contributed by atoms with van der Waals surface area (Å²) in [5, 5.41) is 11.1. The number of hydrogen-bond acceptors (Lipinski definition) is 4. The Morgan fingerprint density at radius 2 is 2.24 bits per heavy atom. The van der Waals surface area contributed by atoms with Crippen molar-refractivity contribution in [2.75, 3.05) is 12.4 Å². The van der Waals surface area contributed by atoms with Gasteiger partial charge in [0.05, 0.1) is 13.7 Å². The van der Waals surface area contributed by atoms with Crippen LogP contribution in [-0.4, -0.2) is 21.9 Å². The van der Waals surface area contributed by atoms with E-state index in [1.165, 1.54) is 0 Å². The van der Waals surface area contributed by atoms with Crippen LogP contribution in [0, 0.1) is 6.92 Å². The van der Waals surface area contributed by atoms with E-state index in [-0.39, 0.29) is 0 Å². The summed E-state index contributed by atoms with van der Waals surface area (Å²) in [5.74, 6) is 1.80. The van der Waals surface area contributed by atoms with Gasteiger partial charge in [0.15, 0.2) is 5.82 Å². The highest BCUT2D eigenvalue weighted by Gasteiger charge is 2.02. The molecule has 0 saturated heterocycles. The first-order valence-electron chi connectivity index (χ1n) is 5.42. The number of aryl methyl sites for hydroxylation is 2. The second-order valence-electron chi connectivity index (χ2n) is 3.90. The van der Waals surface area contributed by atoms with Crippen LogP contribution >= 0.6 is 0 Å².